The molecule has 0 aromatic heterocycles. The lowest BCUT2D eigenvalue weighted by molar-refractivity contribution is 0.220. The van der Waals surface area contributed by atoms with E-state index in [2.05, 4.69) is 44.4 Å². The van der Waals surface area contributed by atoms with E-state index in [1.807, 2.05) is 37.3 Å². The Balaban J connectivity index is 1.94. The number of amides is 2. The minimum atomic E-state index is -0.309. The molecule has 0 bridgehead atoms. The third-order valence-corrected chi connectivity index (χ3v) is 4.66. The highest BCUT2D eigenvalue weighted by atomic mass is 16.5. The smallest absolute Gasteiger partial charge is 0.317 e. The van der Waals surface area contributed by atoms with Crippen LogP contribution in [0.25, 0.3) is 0 Å². The quantitative estimate of drug-likeness (QED) is 0.661. The highest BCUT2D eigenvalue weighted by molar-refractivity contribution is 5.74. The molecule has 0 radical (unpaired) electrons. The van der Waals surface area contributed by atoms with Crippen molar-refractivity contribution >= 4 is 6.03 Å². The highest BCUT2D eigenvalue weighted by Gasteiger charge is 2.19. The fraction of sp³-hybridized carbons (Fsp3) is 0.435. The van der Waals surface area contributed by atoms with Gasteiger partial charge < -0.3 is 24.8 Å². The van der Waals surface area contributed by atoms with Crippen molar-refractivity contribution in [2.24, 2.45) is 0 Å². The summed E-state index contributed by atoms with van der Waals surface area (Å²) in [6.07, 6.45) is 0. The molecule has 2 aromatic carbocycles. The SMILES string of the molecule is COc1ccc(C(C)NC(=O)NCOc2ccc(C)cc2C(C)(C)C)cc1OC. The Morgan fingerprint density at radius 2 is 1.66 bits per heavy atom. The van der Waals surface area contributed by atoms with Crippen molar-refractivity contribution in [2.45, 2.75) is 46.1 Å². The number of carbonyl (C=O) groups excluding carboxylic acids is 1. The van der Waals surface area contributed by atoms with Gasteiger partial charge in [0.25, 0.3) is 0 Å². The Morgan fingerprint density at radius 3 is 2.28 bits per heavy atom. The number of carbonyl (C=O) groups is 1. The van der Waals surface area contributed by atoms with E-state index in [9.17, 15) is 4.79 Å². The summed E-state index contributed by atoms with van der Waals surface area (Å²) in [7, 11) is 3.17. The van der Waals surface area contributed by atoms with Gasteiger partial charge >= 0.3 is 6.03 Å². The monoisotopic (exact) mass is 400 g/mol. The van der Waals surface area contributed by atoms with Gasteiger partial charge in [0.1, 0.15) is 5.75 Å². The number of benzene rings is 2. The third kappa shape index (κ3) is 6.04. The average molecular weight is 401 g/mol. The van der Waals surface area contributed by atoms with Gasteiger partial charge in [-0.25, -0.2) is 4.79 Å². The minimum absolute atomic E-state index is 0.0501. The van der Waals surface area contributed by atoms with Gasteiger partial charge in [-0.3, -0.25) is 0 Å². The molecule has 0 fully saturated rings. The van der Waals surface area contributed by atoms with E-state index in [1.165, 1.54) is 5.56 Å². The molecule has 6 nitrogen and oxygen atoms in total. The first-order valence-electron chi connectivity index (χ1n) is 9.66. The maximum absolute atomic E-state index is 12.3. The molecule has 0 aliphatic rings. The Kier molecular flexibility index (Phi) is 7.37. The minimum Gasteiger partial charge on any atom is -0.493 e. The second kappa shape index (κ2) is 9.54. The van der Waals surface area contributed by atoms with E-state index < -0.39 is 0 Å². The van der Waals surface area contributed by atoms with Crippen molar-refractivity contribution in [1.82, 2.24) is 10.6 Å². The second-order valence-corrected chi connectivity index (χ2v) is 8.02. The molecule has 0 saturated carbocycles. The summed E-state index contributed by atoms with van der Waals surface area (Å²) in [5, 5.41) is 5.65. The molecule has 1 unspecified atom stereocenters. The zero-order chi connectivity index (χ0) is 21.6. The standard InChI is InChI=1S/C23H32N2O4/c1-15-8-10-19(18(12-15)23(3,4)5)29-14-24-22(26)25-16(2)17-9-11-20(27-6)21(13-17)28-7/h8-13,16H,14H2,1-7H3,(H2,24,25,26). The predicted octanol–water partition coefficient (Wildman–Crippen LogP) is 4.71. The molecule has 2 N–H and O–H groups in total. The van der Waals surface area contributed by atoms with Crippen LogP contribution in [0.4, 0.5) is 4.79 Å². The van der Waals surface area contributed by atoms with E-state index >= 15 is 0 Å². The molecule has 2 aromatic rings. The summed E-state index contributed by atoms with van der Waals surface area (Å²) in [5.41, 5.74) is 3.15. The molecular weight excluding hydrogens is 368 g/mol. The van der Waals surface area contributed by atoms with Crippen molar-refractivity contribution in [1.29, 1.82) is 0 Å². The molecule has 0 saturated heterocycles. The number of hydrogen-bond donors (Lipinski definition) is 2. The van der Waals surface area contributed by atoms with Crippen molar-refractivity contribution in [3.63, 3.8) is 0 Å². The molecule has 6 heteroatoms. The molecule has 2 rings (SSSR count). The maximum Gasteiger partial charge on any atom is 0.317 e. The van der Waals surface area contributed by atoms with Crippen LogP contribution in [-0.4, -0.2) is 27.0 Å². The van der Waals surface area contributed by atoms with Crippen molar-refractivity contribution in [3.8, 4) is 17.2 Å². The van der Waals surface area contributed by atoms with E-state index in [0.29, 0.717) is 11.5 Å². The number of hydrogen-bond acceptors (Lipinski definition) is 4. The summed E-state index contributed by atoms with van der Waals surface area (Å²) in [6.45, 7) is 10.5. The van der Waals surface area contributed by atoms with Crippen LogP contribution >= 0.6 is 0 Å². The Hall–Kier alpha value is -2.89. The highest BCUT2D eigenvalue weighted by Crippen LogP contribution is 2.32. The first-order valence-corrected chi connectivity index (χ1v) is 9.66. The van der Waals surface area contributed by atoms with Crippen LogP contribution in [0.3, 0.4) is 0 Å². The van der Waals surface area contributed by atoms with Crippen LogP contribution in [0.1, 0.15) is 50.4 Å². The number of urea groups is 1. The van der Waals surface area contributed by atoms with Crippen LogP contribution in [0, 0.1) is 6.92 Å². The lowest BCUT2D eigenvalue weighted by Gasteiger charge is -2.23. The zero-order valence-electron chi connectivity index (χ0n) is 18.4. The zero-order valence-corrected chi connectivity index (χ0v) is 18.4. The second-order valence-electron chi connectivity index (χ2n) is 8.02. The predicted molar refractivity (Wildman–Crippen MR) is 115 cm³/mol. The van der Waals surface area contributed by atoms with Gasteiger partial charge in [0, 0.05) is 0 Å². The van der Waals surface area contributed by atoms with Gasteiger partial charge in [0.2, 0.25) is 0 Å². The van der Waals surface area contributed by atoms with Crippen LogP contribution in [0.5, 0.6) is 17.2 Å². The van der Waals surface area contributed by atoms with Gasteiger partial charge in [-0.05, 0) is 48.6 Å². The van der Waals surface area contributed by atoms with Gasteiger partial charge in [0.05, 0.1) is 20.3 Å². The lowest BCUT2D eigenvalue weighted by Crippen LogP contribution is -2.39. The van der Waals surface area contributed by atoms with Crippen LogP contribution in [0.15, 0.2) is 36.4 Å². The molecule has 2 amide bonds. The molecule has 0 spiro atoms. The molecular formula is C23H32N2O4. The van der Waals surface area contributed by atoms with Gasteiger partial charge in [-0.1, -0.05) is 44.5 Å². The van der Waals surface area contributed by atoms with E-state index in [1.54, 1.807) is 14.2 Å². The first-order chi connectivity index (χ1) is 13.7. The van der Waals surface area contributed by atoms with Gasteiger partial charge in [-0.15, -0.1) is 0 Å². The molecule has 158 valence electrons. The molecule has 0 aliphatic carbocycles. The molecule has 1 atom stereocenters. The number of rotatable bonds is 7. The van der Waals surface area contributed by atoms with Crippen LogP contribution < -0.4 is 24.8 Å². The van der Waals surface area contributed by atoms with E-state index in [4.69, 9.17) is 14.2 Å². The first kappa shape index (κ1) is 22.4. The third-order valence-electron chi connectivity index (χ3n) is 4.66. The summed E-state index contributed by atoms with van der Waals surface area (Å²) < 4.78 is 16.4. The maximum atomic E-state index is 12.3. The van der Waals surface area contributed by atoms with Crippen molar-refractivity contribution in [3.05, 3.63) is 53.1 Å². The topological polar surface area (TPSA) is 68.8 Å². The Labute approximate surface area is 173 Å². The Bertz CT molecular complexity index is 843. The summed E-state index contributed by atoms with van der Waals surface area (Å²) in [4.78, 5) is 12.3. The van der Waals surface area contributed by atoms with Crippen LogP contribution in [0.2, 0.25) is 0 Å². The van der Waals surface area contributed by atoms with Crippen molar-refractivity contribution < 1.29 is 19.0 Å². The average Bonchev–Trinajstić information content (AvgIpc) is 2.67. The van der Waals surface area contributed by atoms with E-state index in [-0.39, 0.29) is 24.2 Å². The number of methoxy groups -OCH3 is 2. The largest absolute Gasteiger partial charge is 0.493 e. The lowest BCUT2D eigenvalue weighted by atomic mass is 9.85. The van der Waals surface area contributed by atoms with Gasteiger partial charge in [-0.2, -0.15) is 0 Å². The Morgan fingerprint density at radius 1 is 1.00 bits per heavy atom. The van der Waals surface area contributed by atoms with Gasteiger partial charge in [0.15, 0.2) is 18.2 Å². The number of aryl methyl sites for hydroxylation is 1. The molecule has 0 heterocycles. The fourth-order valence-corrected chi connectivity index (χ4v) is 2.99. The number of ether oxygens (including phenoxy) is 3. The summed E-state index contributed by atoms with van der Waals surface area (Å²) >= 11 is 0. The molecule has 29 heavy (non-hydrogen) atoms. The van der Waals surface area contributed by atoms with Crippen LogP contribution in [-0.2, 0) is 5.41 Å². The fourth-order valence-electron chi connectivity index (χ4n) is 2.99. The van der Waals surface area contributed by atoms with E-state index in [0.717, 1.165) is 16.9 Å². The summed E-state index contributed by atoms with van der Waals surface area (Å²) in [5.74, 6) is 2.04. The normalized spacial score (nSPS) is 12.1. The molecule has 0 aliphatic heterocycles. The number of nitrogens with one attached hydrogen (secondary N) is 2. The summed E-state index contributed by atoms with van der Waals surface area (Å²) in [6, 6.07) is 11.1. The van der Waals surface area contributed by atoms with Crippen molar-refractivity contribution in [2.75, 3.05) is 21.0 Å².